The van der Waals surface area contributed by atoms with Gasteiger partial charge in [-0.3, -0.25) is 4.79 Å². The highest BCUT2D eigenvalue weighted by molar-refractivity contribution is 6.21. The van der Waals surface area contributed by atoms with Crippen molar-refractivity contribution in [1.29, 1.82) is 0 Å². The summed E-state index contributed by atoms with van der Waals surface area (Å²) in [6.45, 7) is 5.15. The van der Waals surface area contributed by atoms with Crippen molar-refractivity contribution in [1.82, 2.24) is 4.42 Å². The fourth-order valence-corrected chi connectivity index (χ4v) is 1.69. The zero-order valence-corrected chi connectivity index (χ0v) is 10.2. The Morgan fingerprint density at radius 3 is 2.62 bits per heavy atom. The van der Waals surface area contributed by atoms with Gasteiger partial charge in [-0.05, 0) is 18.4 Å². The Kier molecular flexibility index (Phi) is 5.06. The third kappa shape index (κ3) is 3.70. The number of benzene rings is 1. The lowest BCUT2D eigenvalue weighted by atomic mass is 10.1. The Labute approximate surface area is 102 Å². The Hall–Kier alpha value is -1.28. The van der Waals surface area contributed by atoms with Gasteiger partial charge in [-0.1, -0.05) is 36.4 Å². The van der Waals surface area contributed by atoms with Gasteiger partial charge in [0.15, 0.2) is 0 Å². The molecule has 0 saturated carbocycles. The maximum Gasteiger partial charge on any atom is 0.234 e. The van der Waals surface area contributed by atoms with E-state index in [4.69, 9.17) is 11.8 Å². The van der Waals surface area contributed by atoms with Crippen LogP contribution in [0.4, 0.5) is 0 Å². The molecule has 0 bridgehead atoms. The third-order valence-electron chi connectivity index (χ3n) is 2.44. The van der Waals surface area contributed by atoms with E-state index in [9.17, 15) is 4.79 Å². The van der Waals surface area contributed by atoms with Crippen LogP contribution < -0.4 is 0 Å². The number of rotatable bonds is 5. The molecule has 0 aromatic heterocycles. The first-order chi connectivity index (χ1) is 7.65. The van der Waals surface area contributed by atoms with Gasteiger partial charge in [-0.15, -0.1) is 6.58 Å². The molecule has 1 aromatic carbocycles. The van der Waals surface area contributed by atoms with Crippen LogP contribution in [0.5, 0.6) is 0 Å². The second kappa shape index (κ2) is 6.33. The van der Waals surface area contributed by atoms with Crippen molar-refractivity contribution in [2.24, 2.45) is 0 Å². The Morgan fingerprint density at radius 1 is 1.50 bits per heavy atom. The van der Waals surface area contributed by atoms with Crippen molar-refractivity contribution in [2.75, 3.05) is 0 Å². The van der Waals surface area contributed by atoms with Crippen molar-refractivity contribution in [3.8, 4) is 0 Å². The zero-order valence-electron chi connectivity index (χ0n) is 9.40. The van der Waals surface area contributed by atoms with Crippen LogP contribution in [0.1, 0.15) is 18.9 Å². The van der Waals surface area contributed by atoms with Crippen molar-refractivity contribution in [3.05, 3.63) is 48.6 Å². The Bertz CT molecular complexity index is 350. The zero-order chi connectivity index (χ0) is 12.0. The highest BCUT2D eigenvalue weighted by atomic mass is 35.5. The van der Waals surface area contributed by atoms with E-state index in [-0.39, 0.29) is 11.9 Å². The first kappa shape index (κ1) is 12.8. The summed E-state index contributed by atoms with van der Waals surface area (Å²) in [6.07, 6.45) is 3.38. The Balaban J connectivity index is 2.52. The molecule has 3 heteroatoms. The standard InChI is InChI=1S/C13H16ClNO/c1-3-13(15(14)11(2)16)10-9-12-7-5-4-6-8-12/h3-8,13H,1,9-10H2,2H3. The summed E-state index contributed by atoms with van der Waals surface area (Å²) in [7, 11) is 0. The fraction of sp³-hybridized carbons (Fsp3) is 0.308. The minimum Gasteiger partial charge on any atom is -0.274 e. The van der Waals surface area contributed by atoms with Crippen LogP contribution in [0, 0.1) is 0 Å². The molecule has 0 radical (unpaired) electrons. The molecule has 0 aliphatic carbocycles. The quantitative estimate of drug-likeness (QED) is 0.569. The Morgan fingerprint density at radius 2 is 2.12 bits per heavy atom. The highest BCUT2D eigenvalue weighted by Crippen LogP contribution is 2.13. The van der Waals surface area contributed by atoms with Gasteiger partial charge in [0.1, 0.15) is 0 Å². The number of nitrogens with zero attached hydrogens (tertiary/aromatic N) is 1. The van der Waals surface area contributed by atoms with Gasteiger partial charge in [-0.2, -0.15) is 0 Å². The van der Waals surface area contributed by atoms with Crippen LogP contribution in [-0.4, -0.2) is 16.4 Å². The van der Waals surface area contributed by atoms with Gasteiger partial charge in [-0.25, -0.2) is 4.42 Å². The molecule has 1 aromatic rings. The third-order valence-corrected chi connectivity index (χ3v) is 2.92. The molecule has 0 aliphatic heterocycles. The maximum atomic E-state index is 11.1. The number of carbonyl (C=O) groups excluding carboxylic acids is 1. The second-order valence-electron chi connectivity index (χ2n) is 3.66. The monoisotopic (exact) mass is 237 g/mol. The predicted molar refractivity (Wildman–Crippen MR) is 67.1 cm³/mol. The summed E-state index contributed by atoms with van der Waals surface area (Å²) in [5, 5.41) is 0. The molecule has 0 aliphatic rings. The summed E-state index contributed by atoms with van der Waals surface area (Å²) in [6, 6.07) is 10.00. The molecule has 0 heterocycles. The van der Waals surface area contributed by atoms with Gasteiger partial charge in [0.25, 0.3) is 0 Å². The molecule has 0 spiro atoms. The summed E-state index contributed by atoms with van der Waals surface area (Å²) in [5.41, 5.74) is 1.24. The van der Waals surface area contributed by atoms with Gasteiger partial charge in [0.05, 0.1) is 6.04 Å². The molecule has 0 saturated heterocycles. The molecule has 1 amide bonds. The highest BCUT2D eigenvalue weighted by Gasteiger charge is 2.15. The molecule has 16 heavy (non-hydrogen) atoms. The molecule has 2 nitrogen and oxygen atoms in total. The lowest BCUT2D eigenvalue weighted by Gasteiger charge is -2.20. The second-order valence-corrected chi connectivity index (χ2v) is 4.02. The van der Waals surface area contributed by atoms with E-state index < -0.39 is 0 Å². The number of amides is 1. The molecule has 86 valence electrons. The van der Waals surface area contributed by atoms with E-state index in [1.165, 1.54) is 16.9 Å². The van der Waals surface area contributed by atoms with E-state index in [0.717, 1.165) is 12.8 Å². The minimum absolute atomic E-state index is 0.112. The van der Waals surface area contributed by atoms with Crippen LogP contribution in [0.15, 0.2) is 43.0 Å². The van der Waals surface area contributed by atoms with Crippen molar-refractivity contribution >= 4 is 17.7 Å². The van der Waals surface area contributed by atoms with E-state index in [0.29, 0.717) is 0 Å². The minimum atomic E-state index is -0.153. The van der Waals surface area contributed by atoms with Crippen LogP contribution in [0.25, 0.3) is 0 Å². The van der Waals surface area contributed by atoms with Gasteiger partial charge in [0.2, 0.25) is 5.91 Å². The van der Waals surface area contributed by atoms with Crippen LogP contribution in [0.3, 0.4) is 0 Å². The number of carbonyl (C=O) groups is 1. The molecule has 1 rings (SSSR count). The number of aryl methyl sites for hydroxylation is 1. The SMILES string of the molecule is C=CC(CCc1ccccc1)N(Cl)C(C)=O. The van der Waals surface area contributed by atoms with Crippen molar-refractivity contribution in [2.45, 2.75) is 25.8 Å². The van der Waals surface area contributed by atoms with Gasteiger partial charge >= 0.3 is 0 Å². The summed E-state index contributed by atoms with van der Waals surface area (Å²) in [4.78, 5) is 11.1. The fourth-order valence-electron chi connectivity index (χ4n) is 1.52. The van der Waals surface area contributed by atoms with Gasteiger partial charge < -0.3 is 0 Å². The smallest absolute Gasteiger partial charge is 0.234 e. The summed E-state index contributed by atoms with van der Waals surface area (Å²) >= 11 is 5.86. The van der Waals surface area contributed by atoms with Crippen molar-refractivity contribution in [3.63, 3.8) is 0 Å². The molecule has 1 atom stereocenters. The van der Waals surface area contributed by atoms with E-state index in [2.05, 4.69) is 18.7 Å². The van der Waals surface area contributed by atoms with Crippen molar-refractivity contribution < 1.29 is 4.79 Å². The largest absolute Gasteiger partial charge is 0.274 e. The number of halogens is 1. The topological polar surface area (TPSA) is 20.3 Å². The molecule has 1 unspecified atom stereocenters. The van der Waals surface area contributed by atoms with E-state index >= 15 is 0 Å². The predicted octanol–water partition coefficient (Wildman–Crippen LogP) is 3.18. The van der Waals surface area contributed by atoms with Crippen LogP contribution in [0.2, 0.25) is 0 Å². The average Bonchev–Trinajstić information content (AvgIpc) is 2.30. The normalized spacial score (nSPS) is 11.9. The molecular weight excluding hydrogens is 222 g/mol. The summed E-state index contributed by atoms with van der Waals surface area (Å²) < 4.78 is 1.20. The molecule has 0 fully saturated rings. The number of hydrogen-bond acceptors (Lipinski definition) is 1. The molecular formula is C13H16ClNO. The average molecular weight is 238 g/mol. The van der Waals surface area contributed by atoms with Gasteiger partial charge in [0, 0.05) is 18.7 Å². The molecule has 0 N–H and O–H groups in total. The van der Waals surface area contributed by atoms with E-state index in [1.807, 2.05) is 18.2 Å². The first-order valence-corrected chi connectivity index (χ1v) is 5.61. The summed E-state index contributed by atoms with van der Waals surface area (Å²) in [5.74, 6) is -0.153. The lowest BCUT2D eigenvalue weighted by Crippen LogP contribution is -2.29. The van der Waals surface area contributed by atoms with Crippen LogP contribution in [-0.2, 0) is 11.2 Å². The van der Waals surface area contributed by atoms with Crippen LogP contribution >= 0.6 is 11.8 Å². The lowest BCUT2D eigenvalue weighted by molar-refractivity contribution is -0.125. The number of hydrogen-bond donors (Lipinski definition) is 0. The van der Waals surface area contributed by atoms with E-state index in [1.54, 1.807) is 6.08 Å². The first-order valence-electron chi connectivity index (χ1n) is 5.27. The maximum absolute atomic E-state index is 11.1.